The number of rotatable bonds is 5. The average molecular weight is 336 g/mol. The van der Waals surface area contributed by atoms with Crippen LogP contribution in [-0.4, -0.2) is 21.7 Å². The zero-order valence-electron chi connectivity index (χ0n) is 14.6. The third kappa shape index (κ3) is 3.12. The van der Waals surface area contributed by atoms with Gasteiger partial charge >= 0.3 is 0 Å². The van der Waals surface area contributed by atoms with E-state index >= 15 is 0 Å². The molecule has 0 fully saturated rings. The summed E-state index contributed by atoms with van der Waals surface area (Å²) in [6, 6.07) is 8.65. The van der Waals surface area contributed by atoms with Gasteiger partial charge in [-0.05, 0) is 48.9 Å². The van der Waals surface area contributed by atoms with Gasteiger partial charge in [0.1, 0.15) is 0 Å². The van der Waals surface area contributed by atoms with Gasteiger partial charge < -0.3 is 10.3 Å². The Kier molecular flexibility index (Phi) is 4.40. The number of benzene rings is 1. The lowest BCUT2D eigenvalue weighted by Crippen LogP contribution is -2.19. The van der Waals surface area contributed by atoms with Crippen LogP contribution in [0.1, 0.15) is 47.7 Å². The predicted molar refractivity (Wildman–Crippen MR) is 100.0 cm³/mol. The van der Waals surface area contributed by atoms with Crippen LogP contribution in [0, 0.1) is 0 Å². The molecule has 25 heavy (non-hydrogen) atoms. The lowest BCUT2D eigenvalue weighted by molar-refractivity contribution is 0.682. The SMILES string of the molecule is CCNCc1cccc(Cc2[nH]nc3[nH]c(=O)c4c(c23)CCCC4)c1. The number of aromatic amines is 2. The molecular formula is C20H24N4O. The van der Waals surface area contributed by atoms with Crippen LogP contribution in [0.25, 0.3) is 11.0 Å². The summed E-state index contributed by atoms with van der Waals surface area (Å²) in [5, 5.41) is 12.0. The number of nitrogens with one attached hydrogen (secondary N) is 3. The molecule has 0 spiro atoms. The first-order valence-electron chi connectivity index (χ1n) is 9.15. The molecule has 0 radical (unpaired) electrons. The maximum atomic E-state index is 12.3. The highest BCUT2D eigenvalue weighted by molar-refractivity contribution is 5.83. The number of aromatic nitrogens is 3. The Hall–Kier alpha value is -2.40. The summed E-state index contributed by atoms with van der Waals surface area (Å²) in [6.45, 7) is 3.97. The Morgan fingerprint density at radius 1 is 1.16 bits per heavy atom. The fourth-order valence-electron chi connectivity index (χ4n) is 3.86. The number of hydrogen-bond donors (Lipinski definition) is 3. The van der Waals surface area contributed by atoms with Crippen molar-refractivity contribution in [3.8, 4) is 0 Å². The number of pyridine rings is 1. The van der Waals surface area contributed by atoms with Crippen LogP contribution < -0.4 is 10.9 Å². The third-order valence-corrected chi connectivity index (χ3v) is 5.07. The molecule has 1 aliphatic carbocycles. The first-order valence-corrected chi connectivity index (χ1v) is 9.15. The van der Waals surface area contributed by atoms with E-state index < -0.39 is 0 Å². The zero-order chi connectivity index (χ0) is 17.2. The van der Waals surface area contributed by atoms with E-state index in [1.807, 2.05) is 0 Å². The quantitative estimate of drug-likeness (QED) is 0.671. The van der Waals surface area contributed by atoms with Gasteiger partial charge in [0.15, 0.2) is 5.65 Å². The fourth-order valence-corrected chi connectivity index (χ4v) is 3.86. The second-order valence-electron chi connectivity index (χ2n) is 6.82. The Morgan fingerprint density at radius 2 is 1.96 bits per heavy atom. The van der Waals surface area contributed by atoms with E-state index in [0.717, 1.165) is 61.8 Å². The third-order valence-electron chi connectivity index (χ3n) is 5.07. The molecule has 3 aromatic rings. The average Bonchev–Trinajstić information content (AvgIpc) is 3.03. The molecule has 5 heteroatoms. The summed E-state index contributed by atoms with van der Waals surface area (Å²) >= 11 is 0. The van der Waals surface area contributed by atoms with E-state index in [1.54, 1.807) is 0 Å². The summed E-state index contributed by atoms with van der Waals surface area (Å²) in [4.78, 5) is 15.2. The molecule has 130 valence electrons. The van der Waals surface area contributed by atoms with Crippen LogP contribution in [0.15, 0.2) is 29.1 Å². The number of fused-ring (bicyclic) bond motifs is 3. The summed E-state index contributed by atoms with van der Waals surface area (Å²) in [5.41, 5.74) is 6.55. The van der Waals surface area contributed by atoms with E-state index in [9.17, 15) is 4.79 Å². The van der Waals surface area contributed by atoms with Crippen LogP contribution in [0.4, 0.5) is 0 Å². The van der Waals surface area contributed by atoms with Gasteiger partial charge in [-0.2, -0.15) is 5.10 Å². The van der Waals surface area contributed by atoms with Crippen molar-refractivity contribution < 1.29 is 0 Å². The van der Waals surface area contributed by atoms with E-state index in [1.165, 1.54) is 16.7 Å². The molecule has 2 aromatic heterocycles. The van der Waals surface area contributed by atoms with Crippen molar-refractivity contribution in [2.75, 3.05) is 6.54 Å². The van der Waals surface area contributed by atoms with Crippen molar-refractivity contribution in [2.24, 2.45) is 0 Å². The fraction of sp³-hybridized carbons (Fsp3) is 0.400. The van der Waals surface area contributed by atoms with Crippen molar-refractivity contribution in [3.05, 3.63) is 62.6 Å². The van der Waals surface area contributed by atoms with Crippen LogP contribution >= 0.6 is 0 Å². The summed E-state index contributed by atoms with van der Waals surface area (Å²) in [5.74, 6) is 0. The summed E-state index contributed by atoms with van der Waals surface area (Å²) in [6.07, 6.45) is 4.90. The van der Waals surface area contributed by atoms with Gasteiger partial charge in [-0.1, -0.05) is 31.2 Å². The van der Waals surface area contributed by atoms with Crippen molar-refractivity contribution in [1.82, 2.24) is 20.5 Å². The Bertz CT molecular complexity index is 954. The topological polar surface area (TPSA) is 73.6 Å². The van der Waals surface area contributed by atoms with E-state index in [2.05, 4.69) is 51.7 Å². The summed E-state index contributed by atoms with van der Waals surface area (Å²) in [7, 11) is 0. The van der Waals surface area contributed by atoms with Gasteiger partial charge in [0.05, 0.1) is 0 Å². The molecule has 0 unspecified atom stereocenters. The minimum Gasteiger partial charge on any atom is -0.313 e. The second kappa shape index (κ2) is 6.84. The molecule has 3 N–H and O–H groups in total. The first-order chi connectivity index (χ1) is 12.3. The Morgan fingerprint density at radius 3 is 2.80 bits per heavy atom. The Balaban J connectivity index is 1.72. The number of aryl methyl sites for hydroxylation is 1. The molecule has 0 saturated carbocycles. The monoisotopic (exact) mass is 336 g/mol. The molecule has 0 amide bonds. The van der Waals surface area contributed by atoms with Gasteiger partial charge in [-0.15, -0.1) is 0 Å². The van der Waals surface area contributed by atoms with Crippen LogP contribution in [0.2, 0.25) is 0 Å². The van der Waals surface area contributed by atoms with Gasteiger partial charge in [0.25, 0.3) is 5.56 Å². The minimum absolute atomic E-state index is 0.0351. The maximum absolute atomic E-state index is 12.3. The lowest BCUT2D eigenvalue weighted by atomic mass is 9.89. The molecular weight excluding hydrogens is 312 g/mol. The van der Waals surface area contributed by atoms with E-state index in [0.29, 0.717) is 5.65 Å². The normalized spacial score (nSPS) is 14.0. The van der Waals surface area contributed by atoms with E-state index in [-0.39, 0.29) is 5.56 Å². The molecule has 0 bridgehead atoms. The minimum atomic E-state index is 0.0351. The number of nitrogens with zero attached hydrogens (tertiary/aromatic N) is 1. The molecule has 2 heterocycles. The Labute approximate surface area is 146 Å². The van der Waals surface area contributed by atoms with Gasteiger partial charge in [0, 0.05) is 29.6 Å². The molecule has 0 atom stereocenters. The van der Waals surface area contributed by atoms with Crippen molar-refractivity contribution in [2.45, 2.75) is 45.6 Å². The highest BCUT2D eigenvalue weighted by Crippen LogP contribution is 2.28. The van der Waals surface area contributed by atoms with Gasteiger partial charge in [-0.25, -0.2) is 0 Å². The smallest absolute Gasteiger partial charge is 0.253 e. The standard InChI is InChI=1S/C20H24N4O/c1-2-21-12-14-7-5-6-13(10-14)11-17-18-15-8-3-4-9-16(15)20(25)22-19(18)24-23-17/h5-7,10,21H,2-4,8-9,11-12H2,1H3,(H2,22,23,24,25). The van der Waals surface area contributed by atoms with Crippen LogP contribution in [0.3, 0.4) is 0 Å². The molecule has 0 aliphatic heterocycles. The van der Waals surface area contributed by atoms with Crippen molar-refractivity contribution in [3.63, 3.8) is 0 Å². The second-order valence-corrected chi connectivity index (χ2v) is 6.82. The number of H-pyrrole nitrogens is 2. The molecule has 1 aromatic carbocycles. The van der Waals surface area contributed by atoms with E-state index in [4.69, 9.17) is 0 Å². The largest absolute Gasteiger partial charge is 0.313 e. The molecule has 4 rings (SSSR count). The first kappa shape index (κ1) is 16.1. The highest BCUT2D eigenvalue weighted by atomic mass is 16.1. The van der Waals surface area contributed by atoms with Crippen LogP contribution in [-0.2, 0) is 25.8 Å². The molecule has 5 nitrogen and oxygen atoms in total. The summed E-state index contributed by atoms with van der Waals surface area (Å²) < 4.78 is 0. The highest BCUT2D eigenvalue weighted by Gasteiger charge is 2.20. The molecule has 1 aliphatic rings. The van der Waals surface area contributed by atoms with Gasteiger partial charge in [-0.3, -0.25) is 9.89 Å². The van der Waals surface area contributed by atoms with Gasteiger partial charge in [0.2, 0.25) is 0 Å². The van der Waals surface area contributed by atoms with Crippen molar-refractivity contribution >= 4 is 11.0 Å². The predicted octanol–water partition coefficient (Wildman–Crippen LogP) is 2.83. The van der Waals surface area contributed by atoms with Crippen molar-refractivity contribution in [1.29, 1.82) is 0 Å². The molecule has 0 saturated heterocycles. The zero-order valence-corrected chi connectivity index (χ0v) is 14.6. The maximum Gasteiger partial charge on any atom is 0.253 e. The van der Waals surface area contributed by atoms with Crippen LogP contribution in [0.5, 0.6) is 0 Å². The number of hydrogen-bond acceptors (Lipinski definition) is 3. The lowest BCUT2D eigenvalue weighted by Gasteiger charge is -2.16.